The van der Waals surface area contributed by atoms with Crippen LogP contribution in [0.25, 0.3) is 5.69 Å². The third-order valence-corrected chi connectivity index (χ3v) is 6.59. The number of hydrogen-bond donors (Lipinski definition) is 1. The summed E-state index contributed by atoms with van der Waals surface area (Å²) in [6.45, 7) is 8.17. The summed E-state index contributed by atoms with van der Waals surface area (Å²) >= 11 is 1.40. The van der Waals surface area contributed by atoms with Gasteiger partial charge in [0, 0.05) is 36.7 Å². The molecule has 0 aliphatic rings. The fraction of sp³-hybridized carbons (Fsp3) is 0.269. The number of anilines is 1. The van der Waals surface area contributed by atoms with Gasteiger partial charge in [-0.3, -0.25) is 9.36 Å². The summed E-state index contributed by atoms with van der Waals surface area (Å²) in [7, 11) is 2.02. The molecule has 1 amide bonds. The van der Waals surface area contributed by atoms with Crippen molar-refractivity contribution in [3.63, 3.8) is 0 Å². The maximum atomic E-state index is 12.8. The summed E-state index contributed by atoms with van der Waals surface area (Å²) in [5.41, 5.74) is 7.54. The number of nitrogens with zero attached hydrogens (tertiary/aromatic N) is 4. The van der Waals surface area contributed by atoms with Crippen molar-refractivity contribution in [1.29, 1.82) is 0 Å². The highest BCUT2D eigenvalue weighted by Crippen LogP contribution is 2.26. The third kappa shape index (κ3) is 5.20. The van der Waals surface area contributed by atoms with Gasteiger partial charge in [-0.15, -0.1) is 10.2 Å². The Morgan fingerprint density at radius 2 is 1.67 bits per heavy atom. The van der Waals surface area contributed by atoms with Crippen LogP contribution in [0.5, 0.6) is 0 Å². The highest BCUT2D eigenvalue weighted by atomic mass is 32.2. The van der Waals surface area contributed by atoms with Crippen molar-refractivity contribution in [3.05, 3.63) is 88.5 Å². The van der Waals surface area contributed by atoms with Crippen molar-refractivity contribution in [2.45, 2.75) is 39.3 Å². The number of rotatable bonds is 7. The molecule has 0 atom stereocenters. The third-order valence-electron chi connectivity index (χ3n) is 5.66. The van der Waals surface area contributed by atoms with Crippen LogP contribution in [-0.4, -0.2) is 31.0 Å². The number of hydrogen-bond acceptors (Lipinski definition) is 4. The zero-order valence-corrected chi connectivity index (χ0v) is 20.5. The maximum Gasteiger partial charge on any atom is 0.234 e. The molecule has 0 aliphatic carbocycles. The summed E-state index contributed by atoms with van der Waals surface area (Å²) in [6, 6.07) is 16.6. The van der Waals surface area contributed by atoms with E-state index in [1.54, 1.807) is 0 Å². The standard InChI is InChI=1S/C26H29N5OS/c1-17-8-10-21(11-9-17)31-23(15-22-7-6-12-30(22)5)28-29-26(31)33-16-24(32)27-25-19(3)13-18(2)14-20(25)4/h6-14H,15-16H2,1-5H3,(H,27,32). The second-order valence-electron chi connectivity index (χ2n) is 8.47. The molecule has 4 aromatic rings. The molecule has 1 N–H and O–H groups in total. The number of nitrogens with one attached hydrogen (secondary N) is 1. The highest BCUT2D eigenvalue weighted by molar-refractivity contribution is 7.99. The van der Waals surface area contributed by atoms with Gasteiger partial charge in [-0.2, -0.15) is 0 Å². The molecule has 2 aromatic carbocycles. The molecule has 0 bridgehead atoms. The van der Waals surface area contributed by atoms with Crippen LogP contribution in [0.4, 0.5) is 5.69 Å². The van der Waals surface area contributed by atoms with Gasteiger partial charge in [-0.1, -0.05) is 47.2 Å². The average molecular weight is 460 g/mol. The van der Waals surface area contributed by atoms with Gasteiger partial charge in [-0.05, 0) is 63.1 Å². The minimum atomic E-state index is -0.0579. The SMILES string of the molecule is Cc1ccc(-n2c(Cc3cccn3C)nnc2SCC(=O)Nc2c(C)cc(C)cc2C)cc1. The molecule has 0 saturated heterocycles. The lowest BCUT2D eigenvalue weighted by atomic mass is 10.1. The normalized spacial score (nSPS) is 11.1. The molecule has 7 heteroatoms. The summed E-state index contributed by atoms with van der Waals surface area (Å²) in [5.74, 6) is 1.03. The van der Waals surface area contributed by atoms with E-state index in [-0.39, 0.29) is 11.7 Å². The molecule has 33 heavy (non-hydrogen) atoms. The number of amides is 1. The second kappa shape index (κ2) is 9.67. The molecule has 6 nitrogen and oxygen atoms in total. The fourth-order valence-corrected chi connectivity index (χ4v) is 4.76. The number of carbonyl (C=O) groups excluding carboxylic acids is 1. The molecule has 2 aromatic heterocycles. The van der Waals surface area contributed by atoms with Gasteiger partial charge in [-0.25, -0.2) is 0 Å². The molecular formula is C26H29N5OS. The van der Waals surface area contributed by atoms with Gasteiger partial charge in [0.05, 0.1) is 5.75 Å². The average Bonchev–Trinajstić information content (AvgIpc) is 3.36. The summed E-state index contributed by atoms with van der Waals surface area (Å²) in [6.07, 6.45) is 2.68. The Hall–Kier alpha value is -3.32. The molecule has 4 rings (SSSR count). The number of thioether (sulfide) groups is 1. The second-order valence-corrected chi connectivity index (χ2v) is 9.41. The van der Waals surface area contributed by atoms with Crippen molar-refractivity contribution in [1.82, 2.24) is 19.3 Å². The zero-order valence-electron chi connectivity index (χ0n) is 19.7. The lowest BCUT2D eigenvalue weighted by Crippen LogP contribution is -2.16. The molecule has 2 heterocycles. The van der Waals surface area contributed by atoms with Crippen LogP contribution in [0, 0.1) is 27.7 Å². The molecule has 0 aliphatic heterocycles. The number of aryl methyl sites for hydroxylation is 5. The van der Waals surface area contributed by atoms with Crippen molar-refractivity contribution in [2.75, 3.05) is 11.1 Å². The van der Waals surface area contributed by atoms with Crippen LogP contribution in [0.1, 0.15) is 33.8 Å². The summed E-state index contributed by atoms with van der Waals surface area (Å²) in [5, 5.41) is 12.7. The fourth-order valence-electron chi connectivity index (χ4n) is 3.99. The monoisotopic (exact) mass is 459 g/mol. The van der Waals surface area contributed by atoms with E-state index in [0.29, 0.717) is 11.6 Å². The lowest BCUT2D eigenvalue weighted by Gasteiger charge is -2.13. The molecule has 0 unspecified atom stereocenters. The smallest absolute Gasteiger partial charge is 0.234 e. The first-order valence-corrected chi connectivity index (χ1v) is 11.9. The van der Waals surface area contributed by atoms with E-state index in [1.807, 2.05) is 37.7 Å². The first-order chi connectivity index (χ1) is 15.8. The van der Waals surface area contributed by atoms with Gasteiger partial charge in [0.15, 0.2) is 5.16 Å². The van der Waals surface area contributed by atoms with Crippen LogP contribution >= 0.6 is 11.8 Å². The van der Waals surface area contributed by atoms with Crippen LogP contribution in [0.3, 0.4) is 0 Å². The predicted octanol–water partition coefficient (Wildman–Crippen LogP) is 5.16. The molecule has 170 valence electrons. The van der Waals surface area contributed by atoms with E-state index in [2.05, 4.69) is 76.4 Å². The molecule has 0 spiro atoms. The Kier molecular flexibility index (Phi) is 6.70. The van der Waals surface area contributed by atoms with Gasteiger partial charge < -0.3 is 9.88 Å². The Morgan fingerprint density at radius 1 is 0.970 bits per heavy atom. The van der Waals surface area contributed by atoms with E-state index in [1.165, 1.54) is 22.9 Å². The van der Waals surface area contributed by atoms with Crippen molar-refractivity contribution < 1.29 is 4.79 Å². The van der Waals surface area contributed by atoms with E-state index in [0.717, 1.165) is 34.0 Å². The quantitative estimate of drug-likeness (QED) is 0.388. The first kappa shape index (κ1) is 22.9. The Bertz CT molecular complexity index is 1260. The minimum Gasteiger partial charge on any atom is -0.354 e. The summed E-state index contributed by atoms with van der Waals surface area (Å²) in [4.78, 5) is 12.8. The largest absolute Gasteiger partial charge is 0.354 e. The van der Waals surface area contributed by atoms with E-state index >= 15 is 0 Å². The van der Waals surface area contributed by atoms with Gasteiger partial charge in [0.2, 0.25) is 5.91 Å². The minimum absolute atomic E-state index is 0.0579. The van der Waals surface area contributed by atoms with Gasteiger partial charge in [0.25, 0.3) is 0 Å². The zero-order chi connectivity index (χ0) is 23.5. The Balaban J connectivity index is 1.56. The van der Waals surface area contributed by atoms with E-state index in [9.17, 15) is 4.79 Å². The van der Waals surface area contributed by atoms with Gasteiger partial charge >= 0.3 is 0 Å². The molecule has 0 radical (unpaired) electrons. The Morgan fingerprint density at radius 3 is 2.30 bits per heavy atom. The van der Waals surface area contributed by atoms with Crippen molar-refractivity contribution in [2.24, 2.45) is 7.05 Å². The highest BCUT2D eigenvalue weighted by Gasteiger charge is 2.18. The van der Waals surface area contributed by atoms with E-state index in [4.69, 9.17) is 0 Å². The van der Waals surface area contributed by atoms with Crippen molar-refractivity contribution in [3.8, 4) is 5.69 Å². The van der Waals surface area contributed by atoms with Gasteiger partial charge in [0.1, 0.15) is 5.82 Å². The topological polar surface area (TPSA) is 64.7 Å². The number of aromatic nitrogens is 4. The predicted molar refractivity (Wildman–Crippen MR) is 134 cm³/mol. The van der Waals surface area contributed by atoms with Crippen LogP contribution < -0.4 is 5.32 Å². The summed E-state index contributed by atoms with van der Waals surface area (Å²) < 4.78 is 4.13. The number of carbonyl (C=O) groups is 1. The van der Waals surface area contributed by atoms with Crippen LogP contribution in [0.2, 0.25) is 0 Å². The molecule has 0 fully saturated rings. The molecule has 0 saturated carbocycles. The first-order valence-electron chi connectivity index (χ1n) is 10.9. The van der Waals surface area contributed by atoms with Crippen LogP contribution in [0.15, 0.2) is 59.9 Å². The lowest BCUT2D eigenvalue weighted by molar-refractivity contribution is -0.113. The Labute approximate surface area is 199 Å². The molecular weight excluding hydrogens is 430 g/mol. The van der Waals surface area contributed by atoms with Crippen LogP contribution in [-0.2, 0) is 18.3 Å². The van der Waals surface area contributed by atoms with Crippen molar-refractivity contribution >= 4 is 23.4 Å². The number of benzene rings is 2. The van der Waals surface area contributed by atoms with E-state index < -0.39 is 0 Å². The maximum absolute atomic E-state index is 12.8.